The molecule has 0 fully saturated rings. The molecule has 10 rings (SSSR count). The molecule has 0 radical (unpaired) electrons. The van der Waals surface area contributed by atoms with Crippen molar-refractivity contribution in [2.24, 2.45) is 0 Å². The fourth-order valence-electron chi connectivity index (χ4n) is 7.36. The first kappa shape index (κ1) is 27.9. The lowest BCUT2D eigenvalue weighted by Crippen LogP contribution is -2.10. The number of hydrogen-bond donors (Lipinski definition) is 0. The Balaban J connectivity index is 1.21. The second-order valence-corrected chi connectivity index (χ2v) is 13.6. The van der Waals surface area contributed by atoms with Crippen LogP contribution in [0.1, 0.15) is 0 Å². The topological polar surface area (TPSA) is 16.4 Å². The van der Waals surface area contributed by atoms with Gasteiger partial charge in [-0.05, 0) is 70.1 Å². The summed E-state index contributed by atoms with van der Waals surface area (Å²) in [6.45, 7) is 0. The van der Waals surface area contributed by atoms with Gasteiger partial charge in [0, 0.05) is 42.3 Å². The number of rotatable bonds is 5. The van der Waals surface area contributed by atoms with Crippen molar-refractivity contribution in [3.8, 4) is 22.3 Å². The van der Waals surface area contributed by atoms with Gasteiger partial charge in [-0.1, -0.05) is 133 Å². The molecule has 2 heterocycles. The van der Waals surface area contributed by atoms with Crippen LogP contribution in [0.15, 0.2) is 180 Å². The van der Waals surface area contributed by atoms with E-state index in [0.717, 1.165) is 49.8 Å². The first-order valence-electron chi connectivity index (χ1n) is 16.6. The Morgan fingerprint density at radius 2 is 1.14 bits per heavy atom. The lowest BCUT2D eigenvalue weighted by Gasteiger charge is -2.27. The average molecular weight is 644 g/mol. The highest BCUT2D eigenvalue weighted by Crippen LogP contribution is 2.47. The summed E-state index contributed by atoms with van der Waals surface area (Å²) < 4.78 is 9.28. The molecular weight excluding hydrogens is 615 g/mol. The minimum atomic E-state index is 0.889. The highest BCUT2D eigenvalue weighted by Gasteiger charge is 2.22. The van der Waals surface area contributed by atoms with E-state index < -0.39 is 0 Å². The van der Waals surface area contributed by atoms with Crippen LogP contribution in [0.5, 0.6) is 0 Å². The Kier molecular flexibility index (Phi) is 6.39. The van der Waals surface area contributed by atoms with Crippen molar-refractivity contribution in [2.45, 2.75) is 0 Å². The van der Waals surface area contributed by atoms with E-state index in [9.17, 15) is 0 Å². The van der Waals surface area contributed by atoms with Crippen molar-refractivity contribution < 1.29 is 4.42 Å². The highest BCUT2D eigenvalue weighted by molar-refractivity contribution is 7.26. The molecule has 0 N–H and O–H groups in total. The summed E-state index contributed by atoms with van der Waals surface area (Å²) >= 11 is 1.87. The molecule has 0 saturated carbocycles. The van der Waals surface area contributed by atoms with Crippen molar-refractivity contribution in [1.29, 1.82) is 0 Å². The average Bonchev–Trinajstić information content (AvgIpc) is 3.75. The minimum absolute atomic E-state index is 0.889. The molecule has 0 spiro atoms. The smallest absolute Gasteiger partial charge is 0.145 e. The van der Waals surface area contributed by atoms with Crippen molar-refractivity contribution in [3.05, 3.63) is 176 Å². The normalized spacial score (nSPS) is 11.7. The molecule has 230 valence electrons. The molecule has 0 saturated heterocycles. The van der Waals surface area contributed by atoms with E-state index in [1.54, 1.807) is 0 Å². The van der Waals surface area contributed by atoms with Crippen LogP contribution in [-0.2, 0) is 0 Å². The quantitative estimate of drug-likeness (QED) is 0.186. The third kappa shape index (κ3) is 4.55. The van der Waals surface area contributed by atoms with Crippen LogP contribution in [0.4, 0.5) is 17.1 Å². The van der Waals surface area contributed by atoms with E-state index in [4.69, 9.17) is 4.42 Å². The van der Waals surface area contributed by atoms with Gasteiger partial charge in [-0.25, -0.2) is 0 Å². The van der Waals surface area contributed by atoms with Crippen molar-refractivity contribution in [1.82, 2.24) is 0 Å². The summed E-state index contributed by atoms with van der Waals surface area (Å²) in [6.07, 6.45) is 0. The van der Waals surface area contributed by atoms with Gasteiger partial charge in [0.1, 0.15) is 11.2 Å². The standard InChI is InChI=1S/C46H29NOS/c1-2-12-30(13-3-1)32-15-10-16-35(28-32)47(41-29-33-14-4-5-17-36(33)45-44(41)40-19-6-8-22-42(40)48-45)34-26-24-31(25-27-34)37-20-11-21-39-38-18-7-9-23-43(38)49-46(37)39/h1-29H. The molecule has 0 atom stereocenters. The minimum Gasteiger partial charge on any atom is -0.455 e. The van der Waals surface area contributed by atoms with Crippen LogP contribution >= 0.6 is 11.3 Å². The van der Waals surface area contributed by atoms with Gasteiger partial charge in [0.05, 0.1) is 11.1 Å². The van der Waals surface area contributed by atoms with Gasteiger partial charge in [0.25, 0.3) is 0 Å². The maximum atomic E-state index is 6.64. The van der Waals surface area contributed by atoms with Crippen LogP contribution in [0, 0.1) is 0 Å². The molecule has 0 amide bonds. The largest absolute Gasteiger partial charge is 0.455 e. The summed E-state index contributed by atoms with van der Waals surface area (Å²) in [5, 5.41) is 7.10. The van der Waals surface area contributed by atoms with E-state index in [2.05, 4.69) is 175 Å². The highest BCUT2D eigenvalue weighted by atomic mass is 32.1. The summed E-state index contributed by atoms with van der Waals surface area (Å²) in [4.78, 5) is 2.40. The van der Waals surface area contributed by atoms with Crippen LogP contribution in [0.3, 0.4) is 0 Å². The van der Waals surface area contributed by atoms with Crippen LogP contribution < -0.4 is 4.90 Å². The summed E-state index contributed by atoms with van der Waals surface area (Å²) in [7, 11) is 0. The van der Waals surface area contributed by atoms with Crippen LogP contribution in [0.2, 0.25) is 0 Å². The van der Waals surface area contributed by atoms with Gasteiger partial charge in [0.2, 0.25) is 0 Å². The number of anilines is 3. The second-order valence-electron chi connectivity index (χ2n) is 12.5. The SMILES string of the molecule is c1ccc(-c2cccc(N(c3ccc(-c4cccc5c4sc4ccccc45)cc3)c3cc4ccccc4c4oc5ccccc5c34)c2)cc1. The van der Waals surface area contributed by atoms with Crippen LogP contribution in [-0.4, -0.2) is 0 Å². The molecule has 0 aliphatic carbocycles. The summed E-state index contributed by atoms with van der Waals surface area (Å²) in [5.74, 6) is 0. The monoisotopic (exact) mass is 643 g/mol. The summed E-state index contributed by atoms with van der Waals surface area (Å²) in [6, 6.07) is 63.1. The second kappa shape index (κ2) is 11.2. The van der Waals surface area contributed by atoms with E-state index in [-0.39, 0.29) is 0 Å². The molecule has 0 unspecified atom stereocenters. The molecule has 0 aliphatic rings. The number of thiophene rings is 1. The van der Waals surface area contributed by atoms with Gasteiger partial charge in [-0.3, -0.25) is 0 Å². The third-order valence-electron chi connectivity index (χ3n) is 9.64. The summed E-state index contributed by atoms with van der Waals surface area (Å²) in [5.41, 5.74) is 9.88. The number of furan rings is 1. The Labute approximate surface area is 287 Å². The molecular formula is C46H29NOS. The molecule has 2 aromatic heterocycles. The van der Waals surface area contributed by atoms with E-state index in [1.807, 2.05) is 17.4 Å². The van der Waals surface area contributed by atoms with Crippen molar-refractivity contribution in [3.63, 3.8) is 0 Å². The molecule has 49 heavy (non-hydrogen) atoms. The zero-order chi connectivity index (χ0) is 32.3. The van der Waals surface area contributed by atoms with Gasteiger partial charge >= 0.3 is 0 Å². The van der Waals surface area contributed by atoms with Gasteiger partial charge in [-0.15, -0.1) is 11.3 Å². The maximum absolute atomic E-state index is 6.64. The van der Waals surface area contributed by atoms with E-state index >= 15 is 0 Å². The Morgan fingerprint density at radius 1 is 0.449 bits per heavy atom. The van der Waals surface area contributed by atoms with E-state index in [1.165, 1.54) is 42.4 Å². The number of fused-ring (bicyclic) bond motifs is 8. The third-order valence-corrected chi connectivity index (χ3v) is 10.9. The van der Waals surface area contributed by atoms with Gasteiger partial charge in [0.15, 0.2) is 0 Å². The number of hydrogen-bond acceptors (Lipinski definition) is 3. The van der Waals surface area contributed by atoms with Gasteiger partial charge in [-0.2, -0.15) is 0 Å². The number of para-hydroxylation sites is 1. The van der Waals surface area contributed by atoms with E-state index in [0.29, 0.717) is 0 Å². The van der Waals surface area contributed by atoms with Gasteiger partial charge < -0.3 is 9.32 Å². The Morgan fingerprint density at radius 3 is 2.02 bits per heavy atom. The molecule has 10 aromatic rings. The number of nitrogens with zero attached hydrogens (tertiary/aromatic N) is 1. The first-order chi connectivity index (χ1) is 24.3. The van der Waals surface area contributed by atoms with Crippen molar-refractivity contribution in [2.75, 3.05) is 4.90 Å². The van der Waals surface area contributed by atoms with Crippen molar-refractivity contribution >= 4 is 81.3 Å². The molecule has 0 bridgehead atoms. The fourth-order valence-corrected chi connectivity index (χ4v) is 8.60. The fraction of sp³-hybridized carbons (Fsp3) is 0. The molecule has 8 aromatic carbocycles. The number of benzene rings is 8. The predicted molar refractivity (Wildman–Crippen MR) is 210 cm³/mol. The lowest BCUT2D eigenvalue weighted by molar-refractivity contribution is 0.672. The molecule has 2 nitrogen and oxygen atoms in total. The zero-order valence-electron chi connectivity index (χ0n) is 26.5. The zero-order valence-corrected chi connectivity index (χ0v) is 27.3. The van der Waals surface area contributed by atoms with Crippen LogP contribution in [0.25, 0.3) is 75.1 Å². The molecule has 3 heteroatoms. The Bertz CT molecular complexity index is 2830. The first-order valence-corrected chi connectivity index (χ1v) is 17.4. The molecule has 0 aliphatic heterocycles. The Hall–Kier alpha value is -6.16. The predicted octanol–water partition coefficient (Wildman–Crippen LogP) is 13.9. The maximum Gasteiger partial charge on any atom is 0.145 e. The lowest BCUT2D eigenvalue weighted by atomic mass is 10.00.